The Labute approximate surface area is 181 Å². The van der Waals surface area contributed by atoms with E-state index in [9.17, 15) is 14.4 Å². The van der Waals surface area contributed by atoms with Crippen LogP contribution in [0.5, 0.6) is 0 Å². The number of hydrogen-bond donors (Lipinski definition) is 1. The standard InChI is InChI=1S/C20H18ClN5O5/c1-9-5-4-6-22-14(9)11-8-13(31-25-11)18(27)24-17-19(28)26-12(20(29)30-3)7-10(2)15(26)16(21)23-17/h4-6,8,10,12H,7H2,1-3H3,(H,23,24,27)/t10-,12+/m1/s1. The molecule has 4 heterocycles. The molecule has 31 heavy (non-hydrogen) atoms. The summed E-state index contributed by atoms with van der Waals surface area (Å²) in [4.78, 5) is 46.1. The van der Waals surface area contributed by atoms with Crippen molar-refractivity contribution in [2.24, 2.45) is 0 Å². The van der Waals surface area contributed by atoms with E-state index in [2.05, 4.69) is 20.4 Å². The molecule has 0 radical (unpaired) electrons. The number of nitrogens with zero attached hydrogens (tertiary/aromatic N) is 4. The molecule has 0 aromatic carbocycles. The number of aromatic nitrogens is 4. The van der Waals surface area contributed by atoms with E-state index in [1.165, 1.54) is 17.7 Å². The topological polar surface area (TPSA) is 129 Å². The minimum atomic E-state index is -0.845. The number of nitrogens with one attached hydrogen (secondary N) is 1. The quantitative estimate of drug-likeness (QED) is 0.609. The van der Waals surface area contributed by atoms with Gasteiger partial charge in [-0.3, -0.25) is 24.5 Å². The number of pyridine rings is 1. The van der Waals surface area contributed by atoms with Crippen molar-refractivity contribution in [1.29, 1.82) is 0 Å². The van der Waals surface area contributed by atoms with Gasteiger partial charge in [-0.1, -0.05) is 29.7 Å². The van der Waals surface area contributed by atoms with Crippen molar-refractivity contribution in [3.8, 4) is 11.4 Å². The molecule has 3 aromatic rings. The van der Waals surface area contributed by atoms with Crippen LogP contribution in [0.3, 0.4) is 0 Å². The predicted molar refractivity (Wildman–Crippen MR) is 110 cm³/mol. The van der Waals surface area contributed by atoms with Gasteiger partial charge in [-0.2, -0.15) is 0 Å². The zero-order valence-electron chi connectivity index (χ0n) is 16.9. The number of methoxy groups -OCH3 is 1. The van der Waals surface area contributed by atoms with Crippen molar-refractivity contribution in [1.82, 2.24) is 19.7 Å². The second kappa shape index (κ2) is 7.95. The largest absolute Gasteiger partial charge is 0.467 e. The third-order valence-electron chi connectivity index (χ3n) is 5.15. The van der Waals surface area contributed by atoms with Gasteiger partial charge in [0.15, 0.2) is 5.15 Å². The van der Waals surface area contributed by atoms with Gasteiger partial charge in [0, 0.05) is 18.2 Å². The molecule has 3 aromatic heterocycles. The number of fused-ring (bicyclic) bond motifs is 1. The summed E-state index contributed by atoms with van der Waals surface area (Å²) in [5.74, 6) is -1.96. The summed E-state index contributed by atoms with van der Waals surface area (Å²) in [6.07, 6.45) is 1.95. The molecule has 4 rings (SSSR count). The van der Waals surface area contributed by atoms with E-state index in [1.54, 1.807) is 12.3 Å². The van der Waals surface area contributed by atoms with E-state index < -0.39 is 23.5 Å². The summed E-state index contributed by atoms with van der Waals surface area (Å²) in [5.41, 5.74) is 1.56. The molecule has 0 fully saturated rings. The number of anilines is 1. The van der Waals surface area contributed by atoms with E-state index in [1.807, 2.05) is 19.9 Å². The molecule has 0 unspecified atom stereocenters. The van der Waals surface area contributed by atoms with Crippen LogP contribution in [0.2, 0.25) is 5.15 Å². The Kier molecular flexibility index (Phi) is 5.32. The summed E-state index contributed by atoms with van der Waals surface area (Å²) in [6.45, 7) is 3.68. The first-order valence-corrected chi connectivity index (χ1v) is 9.79. The van der Waals surface area contributed by atoms with Crippen molar-refractivity contribution < 1.29 is 18.8 Å². The van der Waals surface area contributed by atoms with Gasteiger partial charge in [-0.05, 0) is 25.0 Å². The van der Waals surface area contributed by atoms with Crippen LogP contribution in [0, 0.1) is 6.92 Å². The molecular formula is C20H18ClN5O5. The third-order valence-corrected chi connectivity index (χ3v) is 5.43. The molecule has 10 nitrogen and oxygen atoms in total. The fourth-order valence-electron chi connectivity index (χ4n) is 3.66. The van der Waals surface area contributed by atoms with Crippen LogP contribution in [0.15, 0.2) is 33.7 Å². The lowest BCUT2D eigenvalue weighted by Crippen LogP contribution is -2.32. The Morgan fingerprint density at radius 3 is 2.87 bits per heavy atom. The number of rotatable bonds is 4. The first kappa shape index (κ1) is 20.7. The van der Waals surface area contributed by atoms with Crippen LogP contribution in [0.25, 0.3) is 11.4 Å². The molecule has 1 amide bonds. The smallest absolute Gasteiger partial charge is 0.328 e. The van der Waals surface area contributed by atoms with Crippen molar-refractivity contribution in [2.75, 3.05) is 12.4 Å². The van der Waals surface area contributed by atoms with E-state index >= 15 is 0 Å². The SMILES string of the molecule is COC(=O)[C@@H]1C[C@@H](C)c2c(Cl)nc(NC(=O)c3cc(-c4ncccc4C)no3)c(=O)n21. The molecule has 2 atom stereocenters. The van der Waals surface area contributed by atoms with Crippen LogP contribution in [0.1, 0.15) is 47.1 Å². The maximum atomic E-state index is 13.0. The Hall–Kier alpha value is -3.53. The number of hydrogen-bond acceptors (Lipinski definition) is 8. The van der Waals surface area contributed by atoms with Gasteiger partial charge in [0.25, 0.3) is 11.5 Å². The summed E-state index contributed by atoms with van der Waals surface area (Å²) < 4.78 is 11.1. The number of aryl methyl sites for hydroxylation is 1. The van der Waals surface area contributed by atoms with Crippen molar-refractivity contribution in [3.63, 3.8) is 0 Å². The molecular weight excluding hydrogens is 426 g/mol. The average molecular weight is 444 g/mol. The van der Waals surface area contributed by atoms with Gasteiger partial charge in [0.05, 0.1) is 18.5 Å². The van der Waals surface area contributed by atoms with E-state index in [-0.39, 0.29) is 22.6 Å². The second-order valence-electron chi connectivity index (χ2n) is 7.19. The molecule has 1 N–H and O–H groups in total. The predicted octanol–water partition coefficient (Wildman–Crippen LogP) is 2.73. The highest BCUT2D eigenvalue weighted by molar-refractivity contribution is 6.30. The summed E-state index contributed by atoms with van der Waals surface area (Å²) in [7, 11) is 1.24. The lowest BCUT2D eigenvalue weighted by atomic mass is 10.1. The van der Waals surface area contributed by atoms with E-state index in [4.69, 9.17) is 20.9 Å². The lowest BCUT2D eigenvalue weighted by molar-refractivity contribution is -0.144. The Bertz CT molecular complexity index is 1250. The summed E-state index contributed by atoms with van der Waals surface area (Å²) in [5, 5.41) is 6.29. The molecule has 1 aliphatic heterocycles. The zero-order chi connectivity index (χ0) is 22.3. The molecule has 1 aliphatic rings. The average Bonchev–Trinajstić information content (AvgIpc) is 3.37. The van der Waals surface area contributed by atoms with Crippen LogP contribution in [-0.4, -0.2) is 38.7 Å². The van der Waals surface area contributed by atoms with Crippen LogP contribution in [0.4, 0.5) is 5.82 Å². The zero-order valence-corrected chi connectivity index (χ0v) is 17.6. The Morgan fingerprint density at radius 1 is 1.39 bits per heavy atom. The number of halogens is 1. The van der Waals surface area contributed by atoms with Crippen LogP contribution in [-0.2, 0) is 9.53 Å². The third kappa shape index (κ3) is 3.59. The molecule has 160 valence electrons. The van der Waals surface area contributed by atoms with Gasteiger partial charge < -0.3 is 9.26 Å². The van der Waals surface area contributed by atoms with Crippen LogP contribution < -0.4 is 10.9 Å². The van der Waals surface area contributed by atoms with Gasteiger partial charge in [-0.15, -0.1) is 0 Å². The van der Waals surface area contributed by atoms with E-state index in [0.717, 1.165) is 5.56 Å². The second-order valence-corrected chi connectivity index (χ2v) is 7.54. The minimum absolute atomic E-state index is 0.0242. The number of ether oxygens (including phenoxy) is 1. The first-order chi connectivity index (χ1) is 14.8. The van der Waals surface area contributed by atoms with Crippen molar-refractivity contribution >= 4 is 29.3 Å². The molecule has 11 heteroatoms. The molecule has 0 saturated heterocycles. The monoisotopic (exact) mass is 443 g/mol. The Balaban J connectivity index is 1.66. The fraction of sp³-hybridized carbons (Fsp3) is 0.300. The molecule has 0 bridgehead atoms. The highest BCUT2D eigenvalue weighted by atomic mass is 35.5. The minimum Gasteiger partial charge on any atom is -0.467 e. The molecule has 0 saturated carbocycles. The fourth-order valence-corrected chi connectivity index (χ4v) is 4.03. The number of carbonyl (C=O) groups is 2. The number of carbonyl (C=O) groups excluding carboxylic acids is 2. The normalized spacial score (nSPS) is 17.3. The van der Waals surface area contributed by atoms with Gasteiger partial charge >= 0.3 is 5.97 Å². The maximum Gasteiger partial charge on any atom is 0.328 e. The maximum absolute atomic E-state index is 13.0. The van der Waals surface area contributed by atoms with Gasteiger partial charge in [0.2, 0.25) is 11.6 Å². The highest BCUT2D eigenvalue weighted by Gasteiger charge is 2.38. The highest BCUT2D eigenvalue weighted by Crippen LogP contribution is 2.38. The van der Waals surface area contributed by atoms with Gasteiger partial charge in [-0.25, -0.2) is 9.78 Å². The molecule has 0 aliphatic carbocycles. The summed E-state index contributed by atoms with van der Waals surface area (Å²) >= 11 is 6.27. The van der Waals surface area contributed by atoms with Crippen molar-refractivity contribution in [3.05, 3.63) is 56.9 Å². The van der Waals surface area contributed by atoms with Crippen LogP contribution >= 0.6 is 11.6 Å². The van der Waals surface area contributed by atoms with Crippen molar-refractivity contribution in [2.45, 2.75) is 32.2 Å². The Morgan fingerprint density at radius 2 is 2.16 bits per heavy atom. The van der Waals surface area contributed by atoms with E-state index in [0.29, 0.717) is 23.5 Å². The lowest BCUT2D eigenvalue weighted by Gasteiger charge is -2.14. The molecule has 0 spiro atoms. The number of esters is 1. The van der Waals surface area contributed by atoms with Gasteiger partial charge in [0.1, 0.15) is 11.7 Å². The first-order valence-electron chi connectivity index (χ1n) is 9.41. The summed E-state index contributed by atoms with van der Waals surface area (Å²) in [6, 6.07) is 4.21. The number of amides is 1.